The van der Waals surface area contributed by atoms with Crippen LogP contribution in [-0.2, 0) is 11.2 Å². The summed E-state index contributed by atoms with van der Waals surface area (Å²) in [5.41, 5.74) is 1.92. The minimum atomic E-state index is -0.193. The molecule has 25 heavy (non-hydrogen) atoms. The van der Waals surface area contributed by atoms with E-state index in [0.29, 0.717) is 12.0 Å². The number of fused-ring (bicyclic) bond motifs is 1. The van der Waals surface area contributed by atoms with Gasteiger partial charge in [0.25, 0.3) is 5.91 Å². The van der Waals surface area contributed by atoms with Gasteiger partial charge in [-0.3, -0.25) is 9.59 Å². The summed E-state index contributed by atoms with van der Waals surface area (Å²) in [5.74, 6) is -0.0173. The fourth-order valence-electron chi connectivity index (χ4n) is 3.46. The standard InChI is InChI=1S/C20H24N2O2S/c1-3-17-16-10-12-25-18(16)9-11-22(17)19(23)13-14(2)21-20(24)15-7-5-4-6-8-15/h4-8,10,12,14,17H,3,9,11,13H2,1-2H3,(H,21,24)/t14-,17-/m0/s1. The van der Waals surface area contributed by atoms with E-state index < -0.39 is 0 Å². The van der Waals surface area contributed by atoms with Crippen LogP contribution in [0.2, 0.25) is 0 Å². The van der Waals surface area contributed by atoms with Crippen LogP contribution in [-0.4, -0.2) is 29.3 Å². The van der Waals surface area contributed by atoms with Crippen molar-refractivity contribution in [2.75, 3.05) is 6.54 Å². The number of rotatable bonds is 5. The maximum atomic E-state index is 12.8. The molecule has 0 unspecified atom stereocenters. The molecule has 1 N–H and O–H groups in total. The Morgan fingerprint density at radius 1 is 1.28 bits per heavy atom. The Morgan fingerprint density at radius 3 is 2.76 bits per heavy atom. The molecule has 2 atom stereocenters. The van der Waals surface area contributed by atoms with Gasteiger partial charge in [0.05, 0.1) is 6.04 Å². The van der Waals surface area contributed by atoms with Crippen LogP contribution in [0.3, 0.4) is 0 Å². The van der Waals surface area contributed by atoms with Gasteiger partial charge >= 0.3 is 0 Å². The zero-order valence-corrected chi connectivity index (χ0v) is 15.5. The molecule has 0 aliphatic carbocycles. The highest BCUT2D eigenvalue weighted by atomic mass is 32.1. The number of hydrogen-bond acceptors (Lipinski definition) is 3. The number of benzene rings is 1. The second kappa shape index (κ2) is 7.83. The predicted molar refractivity (Wildman–Crippen MR) is 101 cm³/mol. The van der Waals surface area contributed by atoms with Crippen LogP contribution in [0, 0.1) is 0 Å². The molecule has 0 bridgehead atoms. The minimum Gasteiger partial charge on any atom is -0.349 e. The third kappa shape index (κ3) is 3.93. The summed E-state index contributed by atoms with van der Waals surface area (Å²) in [6, 6.07) is 11.2. The lowest BCUT2D eigenvalue weighted by atomic mass is 9.97. The van der Waals surface area contributed by atoms with Crippen molar-refractivity contribution in [1.82, 2.24) is 10.2 Å². The number of nitrogens with one attached hydrogen (secondary N) is 1. The zero-order valence-electron chi connectivity index (χ0n) is 14.7. The van der Waals surface area contributed by atoms with Crippen LogP contribution in [0.1, 0.15) is 53.5 Å². The molecule has 0 radical (unpaired) electrons. The van der Waals surface area contributed by atoms with Crippen LogP contribution in [0.4, 0.5) is 0 Å². The van der Waals surface area contributed by atoms with Gasteiger partial charge < -0.3 is 10.2 Å². The Kier molecular flexibility index (Phi) is 5.53. The van der Waals surface area contributed by atoms with E-state index in [1.165, 1.54) is 10.4 Å². The van der Waals surface area contributed by atoms with Crippen molar-refractivity contribution in [2.24, 2.45) is 0 Å². The van der Waals surface area contributed by atoms with Gasteiger partial charge in [-0.15, -0.1) is 11.3 Å². The maximum Gasteiger partial charge on any atom is 0.251 e. The molecule has 3 rings (SSSR count). The number of amides is 2. The van der Waals surface area contributed by atoms with Gasteiger partial charge in [0, 0.05) is 29.4 Å². The molecule has 1 aromatic heterocycles. The van der Waals surface area contributed by atoms with Gasteiger partial charge in [-0.05, 0) is 48.9 Å². The van der Waals surface area contributed by atoms with E-state index in [1.807, 2.05) is 30.0 Å². The zero-order chi connectivity index (χ0) is 17.8. The molecule has 0 saturated heterocycles. The molecule has 2 aromatic rings. The van der Waals surface area contributed by atoms with Crippen LogP contribution in [0.15, 0.2) is 41.8 Å². The summed E-state index contributed by atoms with van der Waals surface area (Å²) in [6.45, 7) is 4.78. The number of carbonyl (C=O) groups excluding carboxylic acids is 2. The first-order valence-electron chi connectivity index (χ1n) is 8.81. The third-order valence-electron chi connectivity index (χ3n) is 4.70. The Hall–Kier alpha value is -2.14. The highest BCUT2D eigenvalue weighted by molar-refractivity contribution is 7.10. The minimum absolute atomic E-state index is 0.115. The first-order chi connectivity index (χ1) is 12.1. The molecule has 0 fully saturated rings. The lowest BCUT2D eigenvalue weighted by molar-refractivity contribution is -0.134. The van der Waals surface area contributed by atoms with Crippen molar-refractivity contribution in [2.45, 2.75) is 45.2 Å². The monoisotopic (exact) mass is 356 g/mol. The van der Waals surface area contributed by atoms with Crippen LogP contribution in [0.5, 0.6) is 0 Å². The third-order valence-corrected chi connectivity index (χ3v) is 5.69. The van der Waals surface area contributed by atoms with Crippen molar-refractivity contribution in [1.29, 1.82) is 0 Å². The largest absolute Gasteiger partial charge is 0.349 e. The van der Waals surface area contributed by atoms with Crippen molar-refractivity contribution < 1.29 is 9.59 Å². The summed E-state index contributed by atoms with van der Waals surface area (Å²) < 4.78 is 0. The second-order valence-corrected chi connectivity index (χ2v) is 7.51. The highest BCUT2D eigenvalue weighted by Crippen LogP contribution is 2.35. The first kappa shape index (κ1) is 17.7. The number of carbonyl (C=O) groups is 2. The Balaban J connectivity index is 1.61. The molecule has 132 valence electrons. The molecule has 5 heteroatoms. The van der Waals surface area contributed by atoms with Gasteiger partial charge in [0.1, 0.15) is 0 Å². The van der Waals surface area contributed by atoms with Gasteiger partial charge in [-0.1, -0.05) is 25.1 Å². The normalized spacial score (nSPS) is 17.7. The quantitative estimate of drug-likeness (QED) is 0.886. The molecule has 1 aliphatic heterocycles. The second-order valence-electron chi connectivity index (χ2n) is 6.50. The van der Waals surface area contributed by atoms with E-state index in [2.05, 4.69) is 23.7 Å². The summed E-state index contributed by atoms with van der Waals surface area (Å²) in [7, 11) is 0. The lowest BCUT2D eigenvalue weighted by Gasteiger charge is -2.36. The summed E-state index contributed by atoms with van der Waals surface area (Å²) in [4.78, 5) is 28.4. The van der Waals surface area contributed by atoms with Gasteiger partial charge in [0.15, 0.2) is 0 Å². The van der Waals surface area contributed by atoms with Crippen molar-refractivity contribution in [3.05, 3.63) is 57.8 Å². The molecule has 2 heterocycles. The Morgan fingerprint density at radius 2 is 2.04 bits per heavy atom. The van der Waals surface area contributed by atoms with E-state index >= 15 is 0 Å². The van der Waals surface area contributed by atoms with E-state index in [4.69, 9.17) is 0 Å². The summed E-state index contributed by atoms with van der Waals surface area (Å²) in [6.07, 6.45) is 2.18. The Bertz CT molecular complexity index is 741. The average molecular weight is 356 g/mol. The van der Waals surface area contributed by atoms with Crippen LogP contribution >= 0.6 is 11.3 Å². The SMILES string of the molecule is CC[C@H]1c2ccsc2CCN1C(=O)C[C@H](C)NC(=O)c1ccccc1. The van der Waals surface area contributed by atoms with Crippen LogP contribution in [0.25, 0.3) is 0 Å². The Labute approximate surface area is 152 Å². The highest BCUT2D eigenvalue weighted by Gasteiger charge is 2.30. The molecule has 0 spiro atoms. The van der Waals surface area contributed by atoms with E-state index in [1.54, 1.807) is 23.5 Å². The first-order valence-corrected chi connectivity index (χ1v) is 9.69. The van der Waals surface area contributed by atoms with Gasteiger partial charge in [0.2, 0.25) is 5.91 Å². The van der Waals surface area contributed by atoms with Gasteiger partial charge in [-0.25, -0.2) is 0 Å². The molecule has 1 aliphatic rings. The molecule has 2 amide bonds. The van der Waals surface area contributed by atoms with Crippen molar-refractivity contribution in [3.63, 3.8) is 0 Å². The number of thiophene rings is 1. The maximum absolute atomic E-state index is 12.8. The summed E-state index contributed by atoms with van der Waals surface area (Å²) in [5, 5.41) is 5.04. The number of nitrogens with zero attached hydrogens (tertiary/aromatic N) is 1. The predicted octanol–water partition coefficient (Wildman–Crippen LogP) is 3.79. The topological polar surface area (TPSA) is 49.4 Å². The van der Waals surface area contributed by atoms with Crippen LogP contribution < -0.4 is 5.32 Å². The van der Waals surface area contributed by atoms with E-state index in [0.717, 1.165) is 19.4 Å². The average Bonchev–Trinajstić information content (AvgIpc) is 3.10. The molecule has 1 aromatic carbocycles. The number of hydrogen-bond donors (Lipinski definition) is 1. The van der Waals surface area contributed by atoms with Gasteiger partial charge in [-0.2, -0.15) is 0 Å². The van der Waals surface area contributed by atoms with E-state index in [9.17, 15) is 9.59 Å². The van der Waals surface area contributed by atoms with Crippen molar-refractivity contribution >= 4 is 23.2 Å². The summed E-state index contributed by atoms with van der Waals surface area (Å²) >= 11 is 1.78. The fraction of sp³-hybridized carbons (Fsp3) is 0.400. The smallest absolute Gasteiger partial charge is 0.251 e. The molecular weight excluding hydrogens is 332 g/mol. The lowest BCUT2D eigenvalue weighted by Crippen LogP contribution is -2.43. The van der Waals surface area contributed by atoms with Crippen molar-refractivity contribution in [3.8, 4) is 0 Å². The fourth-order valence-corrected chi connectivity index (χ4v) is 4.39. The van der Waals surface area contributed by atoms with E-state index in [-0.39, 0.29) is 23.9 Å². The molecular formula is C20H24N2O2S. The molecule has 0 saturated carbocycles. The molecule has 4 nitrogen and oxygen atoms in total.